The predicted octanol–water partition coefficient (Wildman–Crippen LogP) is 4.69. The van der Waals surface area contributed by atoms with E-state index in [1.54, 1.807) is 10.9 Å². The average Bonchev–Trinajstić information content (AvgIpc) is 3.50. The van der Waals surface area contributed by atoms with Crippen LogP contribution < -0.4 is 10.3 Å². The van der Waals surface area contributed by atoms with Gasteiger partial charge in [-0.15, -0.1) is 11.3 Å². The summed E-state index contributed by atoms with van der Waals surface area (Å²) in [6.45, 7) is 0. The van der Waals surface area contributed by atoms with Crippen molar-refractivity contribution in [2.24, 2.45) is 0 Å². The third kappa shape index (κ3) is 4.18. The van der Waals surface area contributed by atoms with Crippen LogP contribution >= 0.6 is 11.3 Å². The van der Waals surface area contributed by atoms with Crippen LogP contribution in [0.1, 0.15) is 62.7 Å². The molecule has 1 N–H and O–H groups in total. The summed E-state index contributed by atoms with van der Waals surface area (Å²) in [5, 5.41) is 10.7. The van der Waals surface area contributed by atoms with Crippen LogP contribution in [0.25, 0.3) is 15.9 Å². The molecule has 0 unspecified atom stereocenters. The van der Waals surface area contributed by atoms with Crippen molar-refractivity contribution in [2.75, 3.05) is 7.05 Å². The average molecular weight is 480 g/mol. The fraction of sp³-hybridized carbons (Fsp3) is 0.556. The standard InChI is InChI=1S/C27H33N3O3S/c1-29-19-4-5-20(29)15-22(14-19)33-21-8-6-18(7-9-21)30-17-28-24-16-23(34-25(24)26(30)31)10-13-27(32)11-2-3-12-27/h6-9,16-17,19-20,22,32H,2-5,10-15H2,1H3/t19-,20+,22+. The first kappa shape index (κ1) is 22.3. The predicted molar refractivity (Wildman–Crippen MR) is 135 cm³/mol. The molecule has 1 saturated carbocycles. The summed E-state index contributed by atoms with van der Waals surface area (Å²) in [7, 11) is 2.24. The monoisotopic (exact) mass is 479 g/mol. The van der Waals surface area contributed by atoms with E-state index in [2.05, 4.69) is 16.9 Å². The molecule has 3 aromatic rings. The second-order valence-corrected chi connectivity index (χ2v) is 11.7. The SMILES string of the molecule is CN1[C@@H]2CC[C@H]1C[C@@H](Oc1ccc(-n3cnc4cc(CCC5(O)CCCC5)sc4c3=O)cc1)C2. The maximum atomic E-state index is 13.2. The highest BCUT2D eigenvalue weighted by Crippen LogP contribution is 2.36. The lowest BCUT2D eigenvalue weighted by Gasteiger charge is -2.36. The van der Waals surface area contributed by atoms with Gasteiger partial charge in [0.1, 0.15) is 22.9 Å². The first-order chi connectivity index (χ1) is 16.5. The van der Waals surface area contributed by atoms with Crippen molar-refractivity contribution in [2.45, 2.75) is 88.0 Å². The number of hydrogen-bond acceptors (Lipinski definition) is 6. The molecule has 1 aliphatic carbocycles. The minimum absolute atomic E-state index is 0.0404. The van der Waals surface area contributed by atoms with E-state index in [1.807, 2.05) is 30.3 Å². The Hall–Kier alpha value is -2.22. The van der Waals surface area contributed by atoms with E-state index in [0.717, 1.165) is 73.2 Å². The number of nitrogens with zero attached hydrogens (tertiary/aromatic N) is 3. The van der Waals surface area contributed by atoms with E-state index in [4.69, 9.17) is 4.74 Å². The quantitative estimate of drug-likeness (QED) is 0.556. The molecular formula is C27H33N3O3S. The van der Waals surface area contributed by atoms with Gasteiger partial charge in [0, 0.05) is 17.0 Å². The number of benzene rings is 1. The van der Waals surface area contributed by atoms with Gasteiger partial charge in [0.2, 0.25) is 0 Å². The maximum absolute atomic E-state index is 13.2. The number of rotatable bonds is 6. The molecule has 7 heteroatoms. The van der Waals surface area contributed by atoms with Gasteiger partial charge in [0.05, 0.1) is 16.8 Å². The van der Waals surface area contributed by atoms with Gasteiger partial charge in [-0.05, 0) is 88.7 Å². The van der Waals surface area contributed by atoms with Crippen molar-refractivity contribution in [3.63, 3.8) is 0 Å². The normalized spacial score (nSPS) is 26.4. The van der Waals surface area contributed by atoms with Gasteiger partial charge >= 0.3 is 0 Å². The molecule has 3 aliphatic rings. The lowest BCUT2D eigenvalue weighted by molar-refractivity contribution is 0.0393. The minimum Gasteiger partial charge on any atom is -0.490 e. The van der Waals surface area contributed by atoms with Gasteiger partial charge in [-0.25, -0.2) is 4.98 Å². The molecule has 6 rings (SSSR count). The van der Waals surface area contributed by atoms with Crippen LogP contribution in [0.4, 0.5) is 0 Å². The van der Waals surface area contributed by atoms with E-state index in [1.165, 1.54) is 24.2 Å². The van der Waals surface area contributed by atoms with Crippen molar-refractivity contribution in [1.82, 2.24) is 14.5 Å². The zero-order chi connectivity index (χ0) is 23.3. The van der Waals surface area contributed by atoms with E-state index in [9.17, 15) is 9.90 Å². The van der Waals surface area contributed by atoms with Crippen molar-refractivity contribution >= 4 is 21.6 Å². The van der Waals surface area contributed by atoms with Gasteiger partial charge in [0.15, 0.2) is 0 Å². The number of ether oxygens (including phenoxy) is 1. The van der Waals surface area contributed by atoms with E-state index >= 15 is 0 Å². The van der Waals surface area contributed by atoms with Crippen LogP contribution in [-0.4, -0.2) is 50.4 Å². The Balaban J connectivity index is 1.16. The second kappa shape index (κ2) is 8.77. The number of aromatic nitrogens is 2. The van der Waals surface area contributed by atoms with E-state index in [0.29, 0.717) is 16.8 Å². The fourth-order valence-electron chi connectivity index (χ4n) is 6.24. The summed E-state index contributed by atoms with van der Waals surface area (Å²) < 4.78 is 8.60. The van der Waals surface area contributed by atoms with Crippen molar-refractivity contribution < 1.29 is 9.84 Å². The lowest BCUT2D eigenvalue weighted by Crippen LogP contribution is -2.43. The summed E-state index contributed by atoms with van der Waals surface area (Å²) in [4.78, 5) is 21.4. The molecule has 4 heterocycles. The van der Waals surface area contributed by atoms with Crippen LogP contribution in [0.3, 0.4) is 0 Å². The smallest absolute Gasteiger partial charge is 0.275 e. The van der Waals surface area contributed by atoms with Crippen LogP contribution in [0.2, 0.25) is 0 Å². The lowest BCUT2D eigenvalue weighted by atomic mass is 9.96. The van der Waals surface area contributed by atoms with Gasteiger partial charge < -0.3 is 14.7 Å². The summed E-state index contributed by atoms with van der Waals surface area (Å²) in [5.74, 6) is 0.864. The molecule has 2 bridgehead atoms. The Bertz CT molecular complexity index is 1210. The topological polar surface area (TPSA) is 67.6 Å². The van der Waals surface area contributed by atoms with Crippen molar-refractivity contribution in [3.05, 3.63) is 51.9 Å². The first-order valence-corrected chi connectivity index (χ1v) is 13.5. The molecule has 3 fully saturated rings. The van der Waals surface area contributed by atoms with Crippen molar-refractivity contribution in [1.29, 1.82) is 0 Å². The van der Waals surface area contributed by atoms with E-state index in [-0.39, 0.29) is 11.7 Å². The molecular weight excluding hydrogens is 446 g/mol. The van der Waals surface area contributed by atoms with Crippen LogP contribution in [-0.2, 0) is 6.42 Å². The number of aliphatic hydroxyl groups is 1. The summed E-state index contributed by atoms with van der Waals surface area (Å²) in [6, 6.07) is 11.1. The first-order valence-electron chi connectivity index (χ1n) is 12.7. The molecule has 34 heavy (non-hydrogen) atoms. The molecule has 1 aromatic carbocycles. The molecule has 2 aliphatic heterocycles. The molecule has 2 aromatic heterocycles. The molecule has 2 saturated heterocycles. The van der Waals surface area contributed by atoms with Crippen LogP contribution in [0, 0.1) is 0 Å². The van der Waals surface area contributed by atoms with Gasteiger partial charge in [-0.1, -0.05) is 12.8 Å². The fourth-order valence-corrected chi connectivity index (χ4v) is 7.28. The Labute approximate surface area is 204 Å². The maximum Gasteiger partial charge on any atom is 0.275 e. The Kier molecular flexibility index (Phi) is 5.74. The van der Waals surface area contributed by atoms with Crippen LogP contribution in [0.15, 0.2) is 41.5 Å². The summed E-state index contributed by atoms with van der Waals surface area (Å²) in [6.07, 6.45) is 12.2. The number of aryl methyl sites for hydroxylation is 1. The second-order valence-electron chi connectivity index (χ2n) is 10.5. The van der Waals surface area contributed by atoms with E-state index < -0.39 is 5.60 Å². The van der Waals surface area contributed by atoms with Gasteiger partial charge in [0.25, 0.3) is 5.56 Å². The Morgan fingerprint density at radius 2 is 1.85 bits per heavy atom. The zero-order valence-corrected chi connectivity index (χ0v) is 20.6. The third-order valence-corrected chi connectivity index (χ3v) is 9.50. The number of thiophene rings is 1. The van der Waals surface area contributed by atoms with Crippen molar-refractivity contribution in [3.8, 4) is 11.4 Å². The molecule has 180 valence electrons. The minimum atomic E-state index is -0.527. The third-order valence-electron chi connectivity index (χ3n) is 8.33. The highest BCUT2D eigenvalue weighted by atomic mass is 32.1. The summed E-state index contributed by atoms with van der Waals surface area (Å²) >= 11 is 1.51. The van der Waals surface area contributed by atoms with Gasteiger partial charge in [-0.2, -0.15) is 0 Å². The molecule has 6 nitrogen and oxygen atoms in total. The van der Waals surface area contributed by atoms with Crippen LogP contribution in [0.5, 0.6) is 5.75 Å². The summed E-state index contributed by atoms with van der Waals surface area (Å²) in [5.41, 5.74) is 0.976. The number of hydrogen-bond donors (Lipinski definition) is 1. The Morgan fingerprint density at radius 3 is 2.56 bits per heavy atom. The molecule has 3 atom stereocenters. The molecule has 0 spiro atoms. The molecule has 0 amide bonds. The Morgan fingerprint density at radius 1 is 1.15 bits per heavy atom. The number of fused-ring (bicyclic) bond motifs is 3. The molecule has 0 radical (unpaired) electrons. The zero-order valence-electron chi connectivity index (χ0n) is 19.8. The van der Waals surface area contributed by atoms with Gasteiger partial charge in [-0.3, -0.25) is 9.36 Å². The largest absolute Gasteiger partial charge is 0.490 e. The number of piperidine rings is 1. The highest BCUT2D eigenvalue weighted by Gasteiger charge is 2.39. The highest BCUT2D eigenvalue weighted by molar-refractivity contribution is 7.18.